The number of rotatable bonds is 8. The molecule has 12 aromatic rings. The standard InChI is InChI=1S/C60H42N2Si/c1-5-21-43(22-6-1)44-39-41-48(42-40-44)63(46-25-9-3-10-26-46,47-27-11-4-12-28-47)58-38-20-37-57-60(58)51-31-15-18-34-54(51)62(57)56-36-19-35-55-59(56)50-30-14-17-33-53(50)61(55)52-32-16-13-29-49(52)45-23-7-2-8-24-45/h1-42H. The minimum absolute atomic E-state index is 1.16. The molecule has 0 aliphatic carbocycles. The number of aromatic nitrogens is 2. The van der Waals surface area contributed by atoms with Gasteiger partial charge >= 0.3 is 0 Å². The van der Waals surface area contributed by atoms with Gasteiger partial charge in [-0.15, -0.1) is 0 Å². The average molecular weight is 819 g/mol. The van der Waals surface area contributed by atoms with Crippen LogP contribution in [0.2, 0.25) is 0 Å². The lowest BCUT2D eigenvalue weighted by Crippen LogP contribution is -2.74. The third-order valence-corrected chi connectivity index (χ3v) is 17.9. The molecule has 0 atom stereocenters. The van der Waals surface area contributed by atoms with Crippen molar-refractivity contribution >= 4 is 72.4 Å². The van der Waals surface area contributed by atoms with E-state index in [-0.39, 0.29) is 0 Å². The Morgan fingerprint density at radius 2 is 0.667 bits per heavy atom. The Labute approximate surface area is 368 Å². The molecule has 2 nitrogen and oxygen atoms in total. The van der Waals surface area contributed by atoms with E-state index < -0.39 is 8.07 Å². The molecule has 296 valence electrons. The molecule has 0 aliphatic rings. The van der Waals surface area contributed by atoms with Gasteiger partial charge in [0.15, 0.2) is 8.07 Å². The lowest BCUT2D eigenvalue weighted by molar-refractivity contribution is 1.17. The quantitative estimate of drug-likeness (QED) is 0.107. The van der Waals surface area contributed by atoms with Gasteiger partial charge in [0.05, 0.1) is 33.4 Å². The maximum Gasteiger partial charge on any atom is 0.180 e. The van der Waals surface area contributed by atoms with Gasteiger partial charge in [-0.2, -0.15) is 0 Å². The number of nitrogens with zero attached hydrogens (tertiary/aromatic N) is 2. The van der Waals surface area contributed by atoms with Crippen LogP contribution in [0.3, 0.4) is 0 Å². The van der Waals surface area contributed by atoms with Gasteiger partial charge < -0.3 is 9.13 Å². The van der Waals surface area contributed by atoms with Crippen LogP contribution < -0.4 is 20.7 Å². The van der Waals surface area contributed by atoms with E-state index in [0.717, 1.165) is 5.69 Å². The molecule has 0 amide bonds. The van der Waals surface area contributed by atoms with E-state index in [0.29, 0.717) is 0 Å². The first kappa shape index (κ1) is 36.8. The van der Waals surface area contributed by atoms with Crippen LogP contribution in [0.15, 0.2) is 255 Å². The van der Waals surface area contributed by atoms with Gasteiger partial charge in [-0.25, -0.2) is 0 Å². The van der Waals surface area contributed by atoms with Crippen molar-refractivity contribution in [3.8, 4) is 33.6 Å². The first-order chi connectivity index (χ1) is 31.3. The Hall–Kier alpha value is -7.98. The van der Waals surface area contributed by atoms with Crippen LogP contribution in [-0.2, 0) is 0 Å². The molecule has 10 aromatic carbocycles. The predicted molar refractivity (Wildman–Crippen MR) is 270 cm³/mol. The molecule has 2 heterocycles. The van der Waals surface area contributed by atoms with E-state index in [1.165, 1.54) is 92.3 Å². The van der Waals surface area contributed by atoms with E-state index >= 15 is 0 Å². The SMILES string of the molecule is c1ccc(-c2ccc([Si](c3ccccc3)(c3ccccc3)c3cccc4c3c3ccccc3n4-c3cccc4c3c3ccccc3n4-c3ccccc3-c3ccccc3)cc2)cc1. The van der Waals surface area contributed by atoms with Crippen LogP contribution >= 0.6 is 0 Å². The smallest absolute Gasteiger partial charge is 0.180 e. The summed E-state index contributed by atoms with van der Waals surface area (Å²) in [5.74, 6) is 0. The molecule has 0 radical (unpaired) electrons. The Balaban J connectivity index is 1.18. The summed E-state index contributed by atoms with van der Waals surface area (Å²) < 4.78 is 5.02. The van der Waals surface area contributed by atoms with Crippen LogP contribution in [0.1, 0.15) is 0 Å². The van der Waals surface area contributed by atoms with Crippen LogP contribution in [0, 0.1) is 0 Å². The van der Waals surface area contributed by atoms with Gasteiger partial charge in [0.2, 0.25) is 0 Å². The van der Waals surface area contributed by atoms with Gasteiger partial charge in [0, 0.05) is 27.1 Å². The zero-order valence-corrected chi connectivity index (χ0v) is 35.6. The highest BCUT2D eigenvalue weighted by molar-refractivity contribution is 7.20. The van der Waals surface area contributed by atoms with E-state index in [4.69, 9.17) is 0 Å². The molecule has 0 saturated heterocycles. The first-order valence-electron chi connectivity index (χ1n) is 21.8. The molecular weight excluding hydrogens is 777 g/mol. The van der Waals surface area contributed by atoms with Crippen molar-refractivity contribution in [2.45, 2.75) is 0 Å². The van der Waals surface area contributed by atoms with Crippen LogP contribution in [0.4, 0.5) is 0 Å². The third-order valence-electron chi connectivity index (χ3n) is 13.1. The number of hydrogen-bond donors (Lipinski definition) is 0. The van der Waals surface area contributed by atoms with Crippen molar-refractivity contribution in [1.82, 2.24) is 9.13 Å². The summed E-state index contributed by atoms with van der Waals surface area (Å²) in [6.45, 7) is 0. The van der Waals surface area contributed by atoms with Crippen molar-refractivity contribution in [2.24, 2.45) is 0 Å². The van der Waals surface area contributed by atoms with E-state index in [1.54, 1.807) is 0 Å². The summed E-state index contributed by atoms with van der Waals surface area (Å²) in [5, 5.41) is 10.5. The van der Waals surface area contributed by atoms with Gasteiger partial charge in [0.1, 0.15) is 0 Å². The molecule has 0 aliphatic heterocycles. The van der Waals surface area contributed by atoms with Gasteiger partial charge in [0.25, 0.3) is 0 Å². The molecule has 0 unspecified atom stereocenters. The van der Waals surface area contributed by atoms with Gasteiger partial charge in [-0.05, 0) is 73.8 Å². The van der Waals surface area contributed by atoms with E-state index in [2.05, 4.69) is 264 Å². The van der Waals surface area contributed by atoms with Crippen molar-refractivity contribution in [2.75, 3.05) is 0 Å². The average Bonchev–Trinajstić information content (AvgIpc) is 3.89. The van der Waals surface area contributed by atoms with E-state index in [9.17, 15) is 0 Å². The fourth-order valence-corrected chi connectivity index (χ4v) is 15.4. The molecule has 63 heavy (non-hydrogen) atoms. The summed E-state index contributed by atoms with van der Waals surface area (Å²) in [7, 11) is -2.99. The Morgan fingerprint density at radius 1 is 0.254 bits per heavy atom. The fraction of sp³-hybridized carbons (Fsp3) is 0. The Kier molecular flexibility index (Phi) is 8.87. The van der Waals surface area contributed by atoms with Crippen molar-refractivity contribution in [1.29, 1.82) is 0 Å². The maximum atomic E-state index is 2.55. The topological polar surface area (TPSA) is 9.86 Å². The Bertz CT molecular complexity index is 3550. The molecule has 3 heteroatoms. The van der Waals surface area contributed by atoms with Crippen LogP contribution in [-0.4, -0.2) is 17.2 Å². The predicted octanol–water partition coefficient (Wildman–Crippen LogP) is 12.6. The summed E-state index contributed by atoms with van der Waals surface area (Å²) >= 11 is 0. The summed E-state index contributed by atoms with van der Waals surface area (Å²) in [5.41, 5.74) is 11.9. The molecule has 0 N–H and O–H groups in total. The molecule has 2 aromatic heterocycles. The zero-order chi connectivity index (χ0) is 41.7. The maximum absolute atomic E-state index is 2.99. The minimum atomic E-state index is -2.99. The Morgan fingerprint density at radius 3 is 1.30 bits per heavy atom. The molecule has 0 bridgehead atoms. The van der Waals surface area contributed by atoms with Crippen LogP contribution in [0.5, 0.6) is 0 Å². The van der Waals surface area contributed by atoms with Crippen molar-refractivity contribution in [3.63, 3.8) is 0 Å². The van der Waals surface area contributed by atoms with Gasteiger partial charge in [-0.1, -0.05) is 218 Å². The molecule has 0 spiro atoms. The van der Waals surface area contributed by atoms with Crippen molar-refractivity contribution < 1.29 is 0 Å². The van der Waals surface area contributed by atoms with Crippen molar-refractivity contribution in [3.05, 3.63) is 255 Å². The minimum Gasteiger partial charge on any atom is -0.309 e. The van der Waals surface area contributed by atoms with Crippen LogP contribution in [0.25, 0.3) is 77.2 Å². The molecule has 0 fully saturated rings. The lowest BCUT2D eigenvalue weighted by Gasteiger charge is -2.35. The highest BCUT2D eigenvalue weighted by Gasteiger charge is 2.43. The number of para-hydroxylation sites is 3. The van der Waals surface area contributed by atoms with Gasteiger partial charge in [-0.3, -0.25) is 0 Å². The second-order valence-electron chi connectivity index (χ2n) is 16.4. The lowest BCUT2D eigenvalue weighted by atomic mass is 10.0. The largest absolute Gasteiger partial charge is 0.309 e. The summed E-state index contributed by atoms with van der Waals surface area (Å²) in [6.07, 6.45) is 0. The normalized spacial score (nSPS) is 11.8. The third kappa shape index (κ3) is 5.78. The molecular formula is C60H42N2Si. The summed E-state index contributed by atoms with van der Waals surface area (Å²) in [4.78, 5) is 0. The molecule has 0 saturated carbocycles. The second kappa shape index (κ2) is 15.2. The fourth-order valence-electron chi connectivity index (χ4n) is 10.5. The molecule has 12 rings (SSSR count). The number of fused-ring (bicyclic) bond motifs is 6. The van der Waals surface area contributed by atoms with E-state index in [1.807, 2.05) is 0 Å². The number of hydrogen-bond acceptors (Lipinski definition) is 0. The highest BCUT2D eigenvalue weighted by atomic mass is 28.3. The summed E-state index contributed by atoms with van der Waals surface area (Å²) in [6, 6.07) is 94.3. The number of benzene rings is 10. The second-order valence-corrected chi connectivity index (χ2v) is 20.2. The zero-order valence-electron chi connectivity index (χ0n) is 34.6. The highest BCUT2D eigenvalue weighted by Crippen LogP contribution is 2.41. The first-order valence-corrected chi connectivity index (χ1v) is 23.8. The monoisotopic (exact) mass is 818 g/mol.